The highest BCUT2D eigenvalue weighted by Crippen LogP contribution is 2.23. The van der Waals surface area contributed by atoms with Crippen LogP contribution in [0.4, 0.5) is 23.2 Å². The minimum absolute atomic E-state index is 0.226. The van der Waals surface area contributed by atoms with Crippen molar-refractivity contribution in [3.05, 3.63) is 29.6 Å². The molecule has 1 fully saturated rings. The van der Waals surface area contributed by atoms with Gasteiger partial charge in [0.15, 0.2) is 0 Å². The maximum Gasteiger partial charge on any atom is 0.401 e. The number of amidine groups is 1. The van der Waals surface area contributed by atoms with Gasteiger partial charge in [-0.25, -0.2) is 4.39 Å². The van der Waals surface area contributed by atoms with Crippen LogP contribution >= 0.6 is 0 Å². The molecule has 116 valence electrons. The topological polar surface area (TPSA) is 56.4 Å². The van der Waals surface area contributed by atoms with Crippen molar-refractivity contribution in [2.75, 3.05) is 37.6 Å². The molecule has 0 unspecified atom stereocenters. The lowest BCUT2D eigenvalue weighted by atomic mass is 10.1. The quantitative estimate of drug-likeness (QED) is 0.508. The molecule has 0 saturated carbocycles. The number of benzene rings is 1. The second-order valence-corrected chi connectivity index (χ2v) is 4.96. The molecule has 1 aromatic rings. The summed E-state index contributed by atoms with van der Waals surface area (Å²) in [6.07, 6.45) is -4.21. The summed E-state index contributed by atoms with van der Waals surface area (Å²) < 4.78 is 50.9. The Balaban J connectivity index is 2.01. The molecule has 0 radical (unpaired) electrons. The number of nitrogens with one attached hydrogen (secondary N) is 1. The molecular weight excluding hydrogens is 288 g/mol. The fourth-order valence-corrected chi connectivity index (χ4v) is 2.33. The van der Waals surface area contributed by atoms with Crippen LogP contribution in [0.15, 0.2) is 18.2 Å². The van der Waals surface area contributed by atoms with Crippen LogP contribution < -0.4 is 10.6 Å². The molecule has 8 heteroatoms. The van der Waals surface area contributed by atoms with Crippen LogP contribution in [0, 0.1) is 11.2 Å². The van der Waals surface area contributed by atoms with Gasteiger partial charge in [0.25, 0.3) is 0 Å². The lowest BCUT2D eigenvalue weighted by Crippen LogP contribution is -2.49. The summed E-state index contributed by atoms with van der Waals surface area (Å²) in [6.45, 7) is 0.173. The van der Waals surface area contributed by atoms with Crippen molar-refractivity contribution in [1.29, 1.82) is 5.41 Å². The molecule has 1 saturated heterocycles. The van der Waals surface area contributed by atoms with Crippen molar-refractivity contribution in [2.45, 2.75) is 6.18 Å². The smallest absolute Gasteiger partial charge is 0.384 e. The number of halogens is 4. The van der Waals surface area contributed by atoms with Gasteiger partial charge in [0.2, 0.25) is 0 Å². The minimum atomic E-state index is -4.21. The number of hydrogen-bond acceptors (Lipinski definition) is 3. The third-order valence-electron chi connectivity index (χ3n) is 3.37. The maximum absolute atomic E-state index is 14.0. The van der Waals surface area contributed by atoms with Crippen LogP contribution in [0.25, 0.3) is 0 Å². The van der Waals surface area contributed by atoms with Gasteiger partial charge in [0.05, 0.1) is 12.2 Å². The third kappa shape index (κ3) is 4.07. The van der Waals surface area contributed by atoms with E-state index in [1.807, 2.05) is 0 Å². The number of piperazine rings is 1. The van der Waals surface area contributed by atoms with E-state index in [1.54, 1.807) is 4.90 Å². The number of nitrogen functional groups attached to an aromatic ring is 1. The van der Waals surface area contributed by atoms with Crippen LogP contribution in [0.5, 0.6) is 0 Å². The normalized spacial score (nSPS) is 17.0. The molecule has 0 amide bonds. The van der Waals surface area contributed by atoms with E-state index in [0.717, 1.165) is 0 Å². The van der Waals surface area contributed by atoms with Gasteiger partial charge >= 0.3 is 6.18 Å². The number of alkyl halides is 3. The van der Waals surface area contributed by atoms with E-state index in [9.17, 15) is 17.6 Å². The molecule has 0 aliphatic carbocycles. The highest BCUT2D eigenvalue weighted by atomic mass is 19.4. The van der Waals surface area contributed by atoms with Gasteiger partial charge in [-0.15, -0.1) is 0 Å². The number of nitrogens with two attached hydrogens (primary N) is 1. The van der Waals surface area contributed by atoms with Crippen LogP contribution in [0.1, 0.15) is 5.56 Å². The van der Waals surface area contributed by atoms with Crippen molar-refractivity contribution >= 4 is 11.5 Å². The van der Waals surface area contributed by atoms with Crippen molar-refractivity contribution in [3.8, 4) is 0 Å². The first-order valence-electron chi connectivity index (χ1n) is 6.44. The van der Waals surface area contributed by atoms with Crippen LogP contribution in [0.3, 0.4) is 0 Å². The molecule has 4 nitrogen and oxygen atoms in total. The summed E-state index contributed by atoms with van der Waals surface area (Å²) in [7, 11) is 0. The molecule has 1 aliphatic rings. The van der Waals surface area contributed by atoms with E-state index in [2.05, 4.69) is 0 Å². The molecule has 1 heterocycles. The van der Waals surface area contributed by atoms with Crippen LogP contribution in [0.2, 0.25) is 0 Å². The average Bonchev–Trinajstić information content (AvgIpc) is 2.38. The summed E-state index contributed by atoms with van der Waals surface area (Å²) in [4.78, 5) is 3.00. The molecule has 1 aromatic carbocycles. The first kappa shape index (κ1) is 15.6. The van der Waals surface area contributed by atoms with E-state index >= 15 is 0 Å². The maximum atomic E-state index is 14.0. The number of anilines is 1. The molecule has 0 atom stereocenters. The summed E-state index contributed by atoms with van der Waals surface area (Å²) in [5.41, 5.74) is 5.89. The zero-order chi connectivity index (χ0) is 15.6. The van der Waals surface area contributed by atoms with E-state index < -0.39 is 18.5 Å². The summed E-state index contributed by atoms with van der Waals surface area (Å²) in [6, 6.07) is 4.20. The predicted octanol–water partition coefficient (Wildman–Crippen LogP) is 1.79. The van der Waals surface area contributed by atoms with Crippen molar-refractivity contribution in [2.24, 2.45) is 5.73 Å². The zero-order valence-electron chi connectivity index (χ0n) is 11.3. The summed E-state index contributed by atoms with van der Waals surface area (Å²) in [5, 5.41) is 7.24. The van der Waals surface area contributed by atoms with Crippen LogP contribution in [-0.4, -0.2) is 49.6 Å². The predicted molar refractivity (Wildman–Crippen MR) is 72.1 cm³/mol. The Morgan fingerprint density at radius 2 is 1.81 bits per heavy atom. The van der Waals surface area contributed by atoms with Crippen LogP contribution in [-0.2, 0) is 0 Å². The Bertz CT molecular complexity index is 521. The van der Waals surface area contributed by atoms with E-state index in [4.69, 9.17) is 11.1 Å². The first-order chi connectivity index (χ1) is 9.76. The lowest BCUT2D eigenvalue weighted by Gasteiger charge is -2.36. The second kappa shape index (κ2) is 5.88. The SMILES string of the molecule is N=C(N)c1ccc(N2CCN(CC(F)(F)F)CC2)c(F)c1. The van der Waals surface area contributed by atoms with Gasteiger partial charge in [0.1, 0.15) is 11.7 Å². The van der Waals surface area contributed by atoms with Gasteiger partial charge in [-0.3, -0.25) is 10.3 Å². The molecule has 21 heavy (non-hydrogen) atoms. The molecule has 0 bridgehead atoms. The van der Waals surface area contributed by atoms with E-state index in [-0.39, 0.29) is 24.5 Å². The molecule has 0 spiro atoms. The monoisotopic (exact) mass is 304 g/mol. The van der Waals surface area contributed by atoms with Crippen molar-refractivity contribution < 1.29 is 17.6 Å². The Labute approximate surface area is 119 Å². The largest absolute Gasteiger partial charge is 0.401 e. The van der Waals surface area contributed by atoms with E-state index in [1.165, 1.54) is 23.1 Å². The molecule has 3 N–H and O–H groups in total. The van der Waals surface area contributed by atoms with Gasteiger partial charge < -0.3 is 10.6 Å². The number of hydrogen-bond donors (Lipinski definition) is 2. The standard InChI is InChI=1S/C13H16F4N4/c14-10-7-9(12(18)19)1-2-11(10)21-5-3-20(4-6-21)8-13(15,16)17/h1-2,7H,3-6,8H2,(H3,18,19). The zero-order valence-corrected chi connectivity index (χ0v) is 11.3. The minimum Gasteiger partial charge on any atom is -0.384 e. The molecule has 1 aliphatic heterocycles. The average molecular weight is 304 g/mol. The highest BCUT2D eigenvalue weighted by Gasteiger charge is 2.32. The van der Waals surface area contributed by atoms with Gasteiger partial charge in [-0.1, -0.05) is 0 Å². The Morgan fingerprint density at radius 3 is 2.29 bits per heavy atom. The molecule has 2 rings (SSSR count). The van der Waals surface area contributed by atoms with E-state index in [0.29, 0.717) is 18.8 Å². The molecular formula is C13H16F4N4. The Morgan fingerprint density at radius 1 is 1.19 bits per heavy atom. The number of rotatable bonds is 3. The molecule has 0 aromatic heterocycles. The fraction of sp³-hybridized carbons (Fsp3) is 0.462. The van der Waals surface area contributed by atoms with Gasteiger partial charge in [-0.05, 0) is 18.2 Å². The Kier molecular flexibility index (Phi) is 4.36. The summed E-state index contributed by atoms with van der Waals surface area (Å²) >= 11 is 0. The fourth-order valence-electron chi connectivity index (χ4n) is 2.33. The lowest BCUT2D eigenvalue weighted by molar-refractivity contribution is -0.146. The van der Waals surface area contributed by atoms with Crippen molar-refractivity contribution in [1.82, 2.24) is 4.90 Å². The summed E-state index contributed by atoms with van der Waals surface area (Å²) in [5.74, 6) is -0.748. The van der Waals surface area contributed by atoms with Gasteiger partial charge in [-0.2, -0.15) is 13.2 Å². The highest BCUT2D eigenvalue weighted by molar-refractivity contribution is 5.95. The number of nitrogens with zero attached hydrogens (tertiary/aromatic N) is 2. The third-order valence-corrected chi connectivity index (χ3v) is 3.37. The van der Waals surface area contributed by atoms with Gasteiger partial charge in [0, 0.05) is 31.7 Å². The second-order valence-electron chi connectivity index (χ2n) is 4.96. The Hall–Kier alpha value is -1.83. The first-order valence-corrected chi connectivity index (χ1v) is 6.44. The van der Waals surface area contributed by atoms with Crippen molar-refractivity contribution in [3.63, 3.8) is 0 Å².